The summed E-state index contributed by atoms with van der Waals surface area (Å²) in [5.74, 6) is -0.654. The first-order chi connectivity index (χ1) is 18.0. The molecule has 0 saturated heterocycles. The predicted octanol–water partition coefficient (Wildman–Crippen LogP) is 4.05. The summed E-state index contributed by atoms with van der Waals surface area (Å²) in [6.07, 6.45) is -3.13. The monoisotopic (exact) mass is 537 g/mol. The van der Waals surface area contributed by atoms with Crippen molar-refractivity contribution in [2.45, 2.75) is 38.5 Å². The highest BCUT2D eigenvalue weighted by Crippen LogP contribution is 2.29. The van der Waals surface area contributed by atoms with Crippen molar-refractivity contribution in [1.29, 1.82) is 0 Å². The van der Waals surface area contributed by atoms with Crippen LogP contribution in [-0.2, 0) is 13.0 Å². The average molecular weight is 538 g/mol. The van der Waals surface area contributed by atoms with E-state index >= 15 is 0 Å². The van der Waals surface area contributed by atoms with E-state index < -0.39 is 30.8 Å². The number of ether oxygens (including phenoxy) is 2. The molecule has 1 unspecified atom stereocenters. The van der Waals surface area contributed by atoms with Gasteiger partial charge in [0.25, 0.3) is 5.91 Å². The van der Waals surface area contributed by atoms with Crippen LogP contribution in [0, 0.1) is 0 Å². The number of fused-ring (bicyclic) bond motifs is 1. The number of aliphatic hydroxyl groups excluding tert-OH is 1. The lowest BCUT2D eigenvalue weighted by molar-refractivity contribution is -0.153. The Kier molecular flexibility index (Phi) is 9.45. The van der Waals surface area contributed by atoms with Gasteiger partial charge in [0.15, 0.2) is 18.1 Å². The third kappa shape index (κ3) is 7.54. The van der Waals surface area contributed by atoms with Crippen LogP contribution in [0.1, 0.15) is 29.3 Å². The minimum Gasteiger partial charge on any atom is -0.488 e. The van der Waals surface area contributed by atoms with Crippen molar-refractivity contribution in [2.75, 3.05) is 26.4 Å². The number of carboxylic acid groups (broad SMARTS) is 1. The number of hydrogen-bond acceptors (Lipinski definition) is 5. The fraction of sp³-hybridized carbons (Fsp3) is 0.385. The highest BCUT2D eigenvalue weighted by atomic mass is 19.4. The summed E-state index contributed by atoms with van der Waals surface area (Å²) in [4.78, 5) is 25.3. The smallest absolute Gasteiger partial charge is 0.422 e. The molecule has 0 bridgehead atoms. The number of nitrogens with two attached hydrogens (primary N) is 1. The van der Waals surface area contributed by atoms with E-state index in [1.54, 1.807) is 25.3 Å². The summed E-state index contributed by atoms with van der Waals surface area (Å²) in [7, 11) is 0. The zero-order chi connectivity index (χ0) is 27.9. The number of amides is 2. The molecule has 2 aromatic carbocycles. The molecule has 1 atom stereocenters. The first-order valence-corrected chi connectivity index (χ1v) is 11.9. The third-order valence-electron chi connectivity index (χ3n) is 5.88. The van der Waals surface area contributed by atoms with Crippen LogP contribution in [0.4, 0.5) is 18.0 Å². The molecule has 38 heavy (non-hydrogen) atoms. The quantitative estimate of drug-likeness (QED) is 0.302. The van der Waals surface area contributed by atoms with Gasteiger partial charge in [-0.2, -0.15) is 13.2 Å². The number of carbonyl (C=O) groups is 2. The molecular weight excluding hydrogens is 507 g/mol. The van der Waals surface area contributed by atoms with Crippen molar-refractivity contribution in [3.05, 3.63) is 59.8 Å². The molecular formula is C26H30F3N3O6. The van der Waals surface area contributed by atoms with Crippen LogP contribution < -0.4 is 15.2 Å². The second-order valence-electron chi connectivity index (χ2n) is 8.76. The molecule has 0 fully saturated rings. The number of carbonyl (C=O) groups excluding carboxylic acids is 1. The molecule has 12 heteroatoms. The van der Waals surface area contributed by atoms with Crippen molar-refractivity contribution < 1.29 is 42.4 Å². The Hall–Kier alpha value is -3.93. The summed E-state index contributed by atoms with van der Waals surface area (Å²) in [6.45, 7) is 0.549. The average Bonchev–Trinajstić information content (AvgIpc) is 3.26. The molecule has 2 amide bonds. The van der Waals surface area contributed by atoms with Gasteiger partial charge in [0.05, 0.1) is 17.6 Å². The van der Waals surface area contributed by atoms with Gasteiger partial charge in [0.1, 0.15) is 6.61 Å². The van der Waals surface area contributed by atoms with Crippen LogP contribution >= 0.6 is 0 Å². The van der Waals surface area contributed by atoms with Gasteiger partial charge >= 0.3 is 12.3 Å². The van der Waals surface area contributed by atoms with Crippen LogP contribution in [0.5, 0.6) is 11.5 Å². The van der Waals surface area contributed by atoms with Crippen molar-refractivity contribution in [3.8, 4) is 11.5 Å². The van der Waals surface area contributed by atoms with Crippen molar-refractivity contribution in [2.24, 2.45) is 5.73 Å². The maximum absolute atomic E-state index is 12.5. The van der Waals surface area contributed by atoms with E-state index in [-0.39, 0.29) is 37.7 Å². The molecule has 3 aromatic rings. The highest BCUT2D eigenvalue weighted by Gasteiger charge is 2.29. The van der Waals surface area contributed by atoms with Gasteiger partial charge in [-0.15, -0.1) is 0 Å². The maximum atomic E-state index is 12.5. The topological polar surface area (TPSA) is 127 Å². The molecule has 1 aromatic heterocycles. The van der Waals surface area contributed by atoms with Gasteiger partial charge in [-0.3, -0.25) is 4.79 Å². The first-order valence-electron chi connectivity index (χ1n) is 11.9. The fourth-order valence-electron chi connectivity index (χ4n) is 4.20. The van der Waals surface area contributed by atoms with Gasteiger partial charge < -0.3 is 34.9 Å². The number of alkyl halides is 3. The van der Waals surface area contributed by atoms with Crippen LogP contribution in [0.15, 0.2) is 48.7 Å². The lowest BCUT2D eigenvalue weighted by atomic mass is 10.0. The van der Waals surface area contributed by atoms with Gasteiger partial charge in [-0.1, -0.05) is 12.1 Å². The molecule has 1 heterocycles. The summed E-state index contributed by atoms with van der Waals surface area (Å²) in [6, 6.07) is 10.6. The minimum atomic E-state index is -4.51. The molecule has 0 aliphatic rings. The van der Waals surface area contributed by atoms with Crippen LogP contribution in [0.25, 0.3) is 10.9 Å². The normalized spacial score (nSPS) is 12.3. The second-order valence-corrected chi connectivity index (χ2v) is 8.76. The standard InChI is InChI=1S/C26H30F3N3O6/c1-17(13-18-14-19-7-9-31(8-4-11-33)23(19)20(15-18)24(30)34)32(25(35)36)10-12-37-21-5-2-3-6-22(21)38-16-26(27,28)29/h2-3,5-7,9,14-15,17,33H,4,8,10-13,16H2,1H3,(H2,30,34)(H,35,36). The van der Waals surface area contributed by atoms with Crippen LogP contribution in [0.2, 0.25) is 0 Å². The Morgan fingerprint density at radius 3 is 2.42 bits per heavy atom. The number of hydrogen-bond donors (Lipinski definition) is 3. The fourth-order valence-corrected chi connectivity index (χ4v) is 4.20. The molecule has 4 N–H and O–H groups in total. The SMILES string of the molecule is CC(Cc1cc(C(N)=O)c2c(ccn2CCCO)c1)N(CCOc1ccccc1OCC(F)(F)F)C(=O)O. The Balaban J connectivity index is 1.70. The van der Waals surface area contributed by atoms with E-state index in [0.29, 0.717) is 29.6 Å². The molecule has 0 spiro atoms. The predicted molar refractivity (Wildman–Crippen MR) is 134 cm³/mol. The van der Waals surface area contributed by atoms with Gasteiger partial charge in [-0.25, -0.2) is 4.79 Å². The zero-order valence-electron chi connectivity index (χ0n) is 20.8. The van der Waals surface area contributed by atoms with E-state index in [1.165, 1.54) is 18.2 Å². The van der Waals surface area contributed by atoms with Crippen molar-refractivity contribution in [3.63, 3.8) is 0 Å². The number of aromatic nitrogens is 1. The summed E-state index contributed by atoms with van der Waals surface area (Å²) >= 11 is 0. The lowest BCUT2D eigenvalue weighted by Gasteiger charge is -2.27. The van der Waals surface area contributed by atoms with E-state index in [1.807, 2.05) is 16.7 Å². The van der Waals surface area contributed by atoms with E-state index in [4.69, 9.17) is 20.3 Å². The lowest BCUT2D eigenvalue weighted by Crippen LogP contribution is -2.41. The maximum Gasteiger partial charge on any atom is 0.422 e. The zero-order valence-corrected chi connectivity index (χ0v) is 20.8. The van der Waals surface area contributed by atoms with Gasteiger partial charge in [0.2, 0.25) is 0 Å². The first kappa shape index (κ1) is 28.6. The Bertz CT molecular complexity index is 1260. The molecule has 0 aliphatic carbocycles. The molecule has 3 rings (SSSR count). The van der Waals surface area contributed by atoms with Gasteiger partial charge in [-0.05, 0) is 55.7 Å². The number of para-hydroxylation sites is 2. The number of benzene rings is 2. The Labute approximate surface area is 217 Å². The molecule has 0 aliphatic heterocycles. The second kappa shape index (κ2) is 12.5. The largest absolute Gasteiger partial charge is 0.488 e. The van der Waals surface area contributed by atoms with E-state index in [9.17, 15) is 27.9 Å². The molecule has 206 valence electrons. The summed E-state index contributed by atoms with van der Waals surface area (Å²) < 4.78 is 49.7. The van der Waals surface area contributed by atoms with Crippen molar-refractivity contribution in [1.82, 2.24) is 9.47 Å². The molecule has 0 saturated carbocycles. The van der Waals surface area contributed by atoms with Crippen LogP contribution in [-0.4, -0.2) is 70.3 Å². The number of rotatable bonds is 13. The van der Waals surface area contributed by atoms with Crippen LogP contribution in [0.3, 0.4) is 0 Å². The number of nitrogens with zero attached hydrogens (tertiary/aromatic N) is 2. The number of aliphatic hydroxyl groups is 1. The Morgan fingerprint density at radius 1 is 1.13 bits per heavy atom. The minimum absolute atomic E-state index is 0.00206. The number of halogens is 3. The number of aryl methyl sites for hydroxylation is 1. The summed E-state index contributed by atoms with van der Waals surface area (Å²) in [5, 5.41) is 19.7. The highest BCUT2D eigenvalue weighted by molar-refractivity contribution is 6.05. The van der Waals surface area contributed by atoms with Crippen molar-refractivity contribution >= 4 is 22.9 Å². The van der Waals surface area contributed by atoms with E-state index in [0.717, 1.165) is 10.3 Å². The number of primary amides is 1. The van der Waals surface area contributed by atoms with Gasteiger partial charge in [0, 0.05) is 30.8 Å². The van der Waals surface area contributed by atoms with E-state index in [2.05, 4.69) is 0 Å². The molecule has 9 nitrogen and oxygen atoms in total. The summed E-state index contributed by atoms with van der Waals surface area (Å²) in [5.41, 5.74) is 7.28. The molecule has 0 radical (unpaired) electrons. The Morgan fingerprint density at radius 2 is 1.82 bits per heavy atom. The third-order valence-corrected chi connectivity index (χ3v) is 5.88.